The highest BCUT2D eigenvalue weighted by molar-refractivity contribution is 5.92. The lowest BCUT2D eigenvalue weighted by atomic mass is 10.1. The number of hydrogen-bond donors (Lipinski definition) is 1. The van der Waals surface area contributed by atoms with Gasteiger partial charge in [0.2, 0.25) is 0 Å². The first-order chi connectivity index (χ1) is 10.5. The Balaban J connectivity index is 2.39. The summed E-state index contributed by atoms with van der Waals surface area (Å²) in [5.41, 5.74) is 0.721. The highest BCUT2D eigenvalue weighted by Crippen LogP contribution is 2.25. The van der Waals surface area contributed by atoms with Gasteiger partial charge in [0.05, 0.1) is 4.92 Å². The molecule has 2 rings (SSSR count). The van der Waals surface area contributed by atoms with Gasteiger partial charge in [-0.15, -0.1) is 5.10 Å². The van der Waals surface area contributed by atoms with E-state index in [0.29, 0.717) is 17.8 Å². The van der Waals surface area contributed by atoms with Crippen LogP contribution in [-0.2, 0) is 6.54 Å². The van der Waals surface area contributed by atoms with E-state index in [4.69, 9.17) is 0 Å². The first-order valence-corrected chi connectivity index (χ1v) is 6.96. The summed E-state index contributed by atoms with van der Waals surface area (Å²) in [6, 6.07) is 5.70. The number of aromatic carboxylic acids is 1. The number of aryl methyl sites for hydroxylation is 1. The number of nitrogens with zero attached hydrogens (tertiary/aromatic N) is 4. The highest BCUT2D eigenvalue weighted by Gasteiger charge is 2.21. The summed E-state index contributed by atoms with van der Waals surface area (Å²) in [4.78, 5) is 21.5. The molecule has 8 heteroatoms. The molecule has 1 N–H and O–H groups in total. The normalized spacial score (nSPS) is 10.6. The van der Waals surface area contributed by atoms with Crippen LogP contribution >= 0.6 is 0 Å². The van der Waals surface area contributed by atoms with E-state index in [-0.39, 0.29) is 11.4 Å². The number of carboxylic acid groups (broad SMARTS) is 1. The third-order valence-corrected chi connectivity index (χ3v) is 3.26. The molecule has 22 heavy (non-hydrogen) atoms. The molecule has 0 spiro atoms. The summed E-state index contributed by atoms with van der Waals surface area (Å²) in [7, 11) is 0. The predicted octanol–water partition coefficient (Wildman–Crippen LogP) is 2.74. The lowest BCUT2D eigenvalue weighted by Crippen LogP contribution is -2.05. The standard InChI is InChI=1S/C14H16N4O4/c1-2-3-4-9-17-13(12(14(19)20)15-16-17)10-5-7-11(8-6-10)18(21)22/h5-8H,2-4,9H2,1H3,(H,19,20). The third-order valence-electron chi connectivity index (χ3n) is 3.26. The minimum absolute atomic E-state index is 0.0503. The Hall–Kier alpha value is -2.77. The van der Waals surface area contributed by atoms with Crippen LogP contribution in [0.1, 0.15) is 36.7 Å². The van der Waals surface area contributed by atoms with Crippen molar-refractivity contribution in [3.8, 4) is 11.3 Å². The molecule has 0 amide bonds. The van der Waals surface area contributed by atoms with E-state index >= 15 is 0 Å². The molecule has 116 valence electrons. The quantitative estimate of drug-likeness (QED) is 0.478. The second-order valence-electron chi connectivity index (χ2n) is 4.83. The van der Waals surface area contributed by atoms with E-state index in [1.807, 2.05) is 0 Å². The molecule has 0 fully saturated rings. The molecular weight excluding hydrogens is 288 g/mol. The van der Waals surface area contributed by atoms with Crippen molar-refractivity contribution in [2.45, 2.75) is 32.7 Å². The van der Waals surface area contributed by atoms with Crippen molar-refractivity contribution in [2.24, 2.45) is 0 Å². The fraction of sp³-hybridized carbons (Fsp3) is 0.357. The summed E-state index contributed by atoms with van der Waals surface area (Å²) >= 11 is 0. The Labute approximate surface area is 126 Å². The van der Waals surface area contributed by atoms with Gasteiger partial charge < -0.3 is 5.11 Å². The van der Waals surface area contributed by atoms with Crippen molar-refractivity contribution < 1.29 is 14.8 Å². The number of nitro groups is 1. The summed E-state index contributed by atoms with van der Waals surface area (Å²) < 4.78 is 1.54. The Morgan fingerprint density at radius 1 is 1.32 bits per heavy atom. The van der Waals surface area contributed by atoms with Gasteiger partial charge in [0.1, 0.15) is 5.69 Å². The third kappa shape index (κ3) is 3.27. The van der Waals surface area contributed by atoms with Crippen LogP contribution in [0.25, 0.3) is 11.3 Å². The molecular formula is C14H16N4O4. The fourth-order valence-corrected chi connectivity index (χ4v) is 2.15. The number of rotatable bonds is 7. The SMILES string of the molecule is CCCCCn1nnc(C(=O)O)c1-c1ccc([N+](=O)[O-])cc1. The number of hydrogen-bond acceptors (Lipinski definition) is 5. The van der Waals surface area contributed by atoms with Gasteiger partial charge in [-0.1, -0.05) is 25.0 Å². The molecule has 0 saturated heterocycles. The molecule has 8 nitrogen and oxygen atoms in total. The molecule has 0 atom stereocenters. The van der Waals surface area contributed by atoms with Crippen LogP contribution in [0.2, 0.25) is 0 Å². The maximum absolute atomic E-state index is 11.3. The molecule has 0 aliphatic rings. The van der Waals surface area contributed by atoms with Gasteiger partial charge in [-0.25, -0.2) is 9.48 Å². The number of benzene rings is 1. The minimum atomic E-state index is -1.17. The van der Waals surface area contributed by atoms with Crippen molar-refractivity contribution in [3.63, 3.8) is 0 Å². The Bertz CT molecular complexity index is 679. The smallest absolute Gasteiger partial charge is 0.358 e. The van der Waals surface area contributed by atoms with Gasteiger partial charge in [0.15, 0.2) is 5.69 Å². The molecule has 0 aliphatic carbocycles. The van der Waals surface area contributed by atoms with Gasteiger partial charge in [-0.2, -0.15) is 0 Å². The molecule has 2 aromatic rings. The van der Waals surface area contributed by atoms with Crippen molar-refractivity contribution in [2.75, 3.05) is 0 Å². The average molecular weight is 304 g/mol. The minimum Gasteiger partial charge on any atom is -0.476 e. The number of aromatic nitrogens is 3. The molecule has 0 radical (unpaired) electrons. The molecule has 1 aromatic heterocycles. The van der Waals surface area contributed by atoms with Crippen LogP contribution in [0.15, 0.2) is 24.3 Å². The van der Waals surface area contributed by atoms with Crippen molar-refractivity contribution in [1.29, 1.82) is 0 Å². The lowest BCUT2D eigenvalue weighted by Gasteiger charge is -2.07. The van der Waals surface area contributed by atoms with E-state index in [0.717, 1.165) is 19.3 Å². The molecule has 0 bridgehead atoms. The van der Waals surface area contributed by atoms with Crippen LogP contribution < -0.4 is 0 Å². The molecule has 1 aromatic carbocycles. The second kappa shape index (κ2) is 6.79. The molecule has 0 unspecified atom stereocenters. The van der Waals surface area contributed by atoms with E-state index < -0.39 is 10.9 Å². The summed E-state index contributed by atoms with van der Waals surface area (Å²) in [5, 5.41) is 27.5. The van der Waals surface area contributed by atoms with Crippen molar-refractivity contribution >= 4 is 11.7 Å². The van der Waals surface area contributed by atoms with Gasteiger partial charge in [0.25, 0.3) is 5.69 Å². The zero-order valence-electron chi connectivity index (χ0n) is 12.1. The maximum Gasteiger partial charge on any atom is 0.358 e. The highest BCUT2D eigenvalue weighted by atomic mass is 16.6. The Morgan fingerprint density at radius 3 is 2.55 bits per heavy atom. The Morgan fingerprint density at radius 2 is 2.00 bits per heavy atom. The fourth-order valence-electron chi connectivity index (χ4n) is 2.15. The predicted molar refractivity (Wildman–Crippen MR) is 78.6 cm³/mol. The second-order valence-corrected chi connectivity index (χ2v) is 4.83. The van der Waals surface area contributed by atoms with Crippen LogP contribution in [0.3, 0.4) is 0 Å². The van der Waals surface area contributed by atoms with Crippen molar-refractivity contribution in [3.05, 3.63) is 40.1 Å². The van der Waals surface area contributed by atoms with Gasteiger partial charge in [-0.3, -0.25) is 10.1 Å². The van der Waals surface area contributed by atoms with E-state index in [9.17, 15) is 20.0 Å². The zero-order valence-corrected chi connectivity index (χ0v) is 12.1. The van der Waals surface area contributed by atoms with Crippen LogP contribution in [-0.4, -0.2) is 31.0 Å². The van der Waals surface area contributed by atoms with Crippen LogP contribution in [0.4, 0.5) is 5.69 Å². The number of carboxylic acids is 1. The van der Waals surface area contributed by atoms with Crippen LogP contribution in [0, 0.1) is 10.1 Å². The summed E-state index contributed by atoms with van der Waals surface area (Å²) in [6.07, 6.45) is 2.90. The molecule has 0 aliphatic heterocycles. The van der Waals surface area contributed by atoms with Gasteiger partial charge in [-0.05, 0) is 18.6 Å². The monoisotopic (exact) mass is 304 g/mol. The largest absolute Gasteiger partial charge is 0.476 e. The van der Waals surface area contributed by atoms with Gasteiger partial charge in [0, 0.05) is 24.2 Å². The van der Waals surface area contributed by atoms with Gasteiger partial charge >= 0.3 is 5.97 Å². The van der Waals surface area contributed by atoms with E-state index in [1.165, 1.54) is 24.3 Å². The summed E-state index contributed by atoms with van der Waals surface area (Å²) in [5.74, 6) is -1.17. The zero-order chi connectivity index (χ0) is 16.1. The van der Waals surface area contributed by atoms with E-state index in [2.05, 4.69) is 17.2 Å². The maximum atomic E-state index is 11.3. The Kier molecular flexibility index (Phi) is 4.82. The number of unbranched alkanes of at least 4 members (excludes halogenated alkanes) is 2. The molecule has 1 heterocycles. The van der Waals surface area contributed by atoms with Crippen LogP contribution in [0.5, 0.6) is 0 Å². The first kappa shape index (κ1) is 15.6. The summed E-state index contributed by atoms with van der Waals surface area (Å²) in [6.45, 7) is 2.63. The first-order valence-electron chi connectivity index (χ1n) is 6.96. The number of non-ortho nitro benzene ring substituents is 1. The van der Waals surface area contributed by atoms with Crippen molar-refractivity contribution in [1.82, 2.24) is 15.0 Å². The topological polar surface area (TPSA) is 111 Å². The number of nitro benzene ring substituents is 1. The lowest BCUT2D eigenvalue weighted by molar-refractivity contribution is -0.384. The average Bonchev–Trinajstić information content (AvgIpc) is 2.91. The molecule has 0 saturated carbocycles. The number of carbonyl (C=O) groups is 1. The van der Waals surface area contributed by atoms with E-state index in [1.54, 1.807) is 4.68 Å².